The molecule has 0 heterocycles. The molecule has 0 saturated carbocycles. The summed E-state index contributed by atoms with van der Waals surface area (Å²) in [6.07, 6.45) is 4.86. The normalized spacial score (nSPS) is 14.6. The van der Waals surface area contributed by atoms with Gasteiger partial charge in [0.25, 0.3) is 0 Å². The number of alkyl halides is 1. The first-order chi connectivity index (χ1) is 6.31. The Balaban J connectivity index is 3.45. The Kier molecular flexibility index (Phi) is 6.79. The molecule has 14 heavy (non-hydrogen) atoms. The zero-order chi connectivity index (χ0) is 11.2. The van der Waals surface area contributed by atoms with E-state index in [0.717, 1.165) is 25.7 Å². The monoisotopic (exact) mass is 240 g/mol. The van der Waals surface area contributed by atoms with Crippen LogP contribution >= 0.6 is 11.6 Å². The van der Waals surface area contributed by atoms with Gasteiger partial charge in [-0.1, -0.05) is 20.3 Å². The minimum atomic E-state index is -2.79. The Labute approximate surface area is 93.0 Å². The van der Waals surface area contributed by atoms with Crippen LogP contribution in [0.5, 0.6) is 0 Å². The van der Waals surface area contributed by atoms with E-state index in [9.17, 15) is 8.42 Å². The van der Waals surface area contributed by atoms with Crippen LogP contribution in [0.15, 0.2) is 0 Å². The van der Waals surface area contributed by atoms with Gasteiger partial charge in [0.1, 0.15) is 9.84 Å². The second-order valence-corrected chi connectivity index (χ2v) is 7.23. The van der Waals surface area contributed by atoms with Crippen molar-refractivity contribution >= 4 is 21.4 Å². The molecule has 0 aliphatic carbocycles. The molecule has 0 fully saturated rings. The van der Waals surface area contributed by atoms with Crippen LogP contribution in [0.1, 0.15) is 39.5 Å². The van der Waals surface area contributed by atoms with E-state index in [1.807, 2.05) is 0 Å². The fraction of sp³-hybridized carbons (Fsp3) is 1.00. The molecule has 0 amide bonds. The Morgan fingerprint density at radius 3 is 2.21 bits per heavy atom. The molecule has 0 aromatic heterocycles. The van der Waals surface area contributed by atoms with Crippen molar-refractivity contribution in [3.8, 4) is 0 Å². The first kappa shape index (κ1) is 14.2. The summed E-state index contributed by atoms with van der Waals surface area (Å²) in [5, 5.41) is 0.203. The topological polar surface area (TPSA) is 34.1 Å². The SMILES string of the molecule is CC(C)CC(Cl)CCCCS(C)(=O)=O. The smallest absolute Gasteiger partial charge is 0.147 e. The van der Waals surface area contributed by atoms with E-state index >= 15 is 0 Å². The van der Waals surface area contributed by atoms with Gasteiger partial charge in [-0.15, -0.1) is 11.6 Å². The summed E-state index contributed by atoms with van der Waals surface area (Å²) >= 11 is 6.08. The van der Waals surface area contributed by atoms with E-state index in [0.29, 0.717) is 5.92 Å². The van der Waals surface area contributed by atoms with Gasteiger partial charge in [0, 0.05) is 17.4 Å². The van der Waals surface area contributed by atoms with Crippen LogP contribution in [0.3, 0.4) is 0 Å². The molecule has 0 N–H and O–H groups in total. The maximum absolute atomic E-state index is 10.8. The minimum Gasteiger partial charge on any atom is -0.229 e. The Morgan fingerprint density at radius 2 is 1.79 bits per heavy atom. The molecule has 0 bridgehead atoms. The number of sulfone groups is 1. The third kappa shape index (κ3) is 10.3. The summed E-state index contributed by atoms with van der Waals surface area (Å²) in [4.78, 5) is 0. The van der Waals surface area contributed by atoms with Gasteiger partial charge in [-0.05, 0) is 25.2 Å². The zero-order valence-corrected chi connectivity index (χ0v) is 10.9. The largest absolute Gasteiger partial charge is 0.229 e. The number of unbranched alkanes of at least 4 members (excludes halogenated alkanes) is 1. The summed E-state index contributed by atoms with van der Waals surface area (Å²) in [6.45, 7) is 4.29. The van der Waals surface area contributed by atoms with Gasteiger partial charge in [-0.3, -0.25) is 0 Å². The summed E-state index contributed by atoms with van der Waals surface area (Å²) in [6, 6.07) is 0. The van der Waals surface area contributed by atoms with Crippen molar-refractivity contribution < 1.29 is 8.42 Å². The highest BCUT2D eigenvalue weighted by Gasteiger charge is 2.08. The van der Waals surface area contributed by atoms with Gasteiger partial charge < -0.3 is 0 Å². The number of rotatable bonds is 7. The van der Waals surface area contributed by atoms with Gasteiger partial charge in [0.05, 0.1) is 0 Å². The van der Waals surface area contributed by atoms with E-state index in [-0.39, 0.29) is 11.1 Å². The van der Waals surface area contributed by atoms with Crippen molar-refractivity contribution in [2.75, 3.05) is 12.0 Å². The van der Waals surface area contributed by atoms with Crippen LogP contribution in [-0.4, -0.2) is 25.8 Å². The molecule has 0 spiro atoms. The molecule has 0 aromatic carbocycles. The molecule has 1 unspecified atom stereocenters. The third-order valence-electron chi connectivity index (χ3n) is 2.01. The summed E-state index contributed by atoms with van der Waals surface area (Å²) in [5.74, 6) is 0.908. The lowest BCUT2D eigenvalue weighted by molar-refractivity contribution is 0.529. The van der Waals surface area contributed by atoms with Crippen LogP contribution in [0.2, 0.25) is 0 Å². The highest BCUT2D eigenvalue weighted by atomic mass is 35.5. The van der Waals surface area contributed by atoms with Crippen molar-refractivity contribution in [2.45, 2.75) is 44.9 Å². The number of hydrogen-bond donors (Lipinski definition) is 0. The van der Waals surface area contributed by atoms with Gasteiger partial charge >= 0.3 is 0 Å². The molecule has 0 saturated heterocycles. The predicted octanol–water partition coefficient (Wildman–Crippen LogP) is 2.85. The fourth-order valence-electron chi connectivity index (χ4n) is 1.36. The van der Waals surface area contributed by atoms with E-state index < -0.39 is 9.84 Å². The lowest BCUT2D eigenvalue weighted by Gasteiger charge is -2.11. The Hall–Kier alpha value is 0.240. The average molecular weight is 241 g/mol. The molecule has 0 aliphatic heterocycles. The molecule has 0 aromatic rings. The Bertz CT molecular complexity index is 235. The first-order valence-electron chi connectivity index (χ1n) is 5.13. The molecule has 2 nitrogen and oxygen atoms in total. The quantitative estimate of drug-likeness (QED) is 0.507. The second kappa shape index (κ2) is 6.67. The van der Waals surface area contributed by atoms with Gasteiger partial charge in [0.15, 0.2) is 0 Å². The van der Waals surface area contributed by atoms with Gasteiger partial charge in [0.2, 0.25) is 0 Å². The van der Waals surface area contributed by atoms with Crippen LogP contribution in [0.25, 0.3) is 0 Å². The highest BCUT2D eigenvalue weighted by Crippen LogP contribution is 2.16. The molecule has 1 atom stereocenters. The lowest BCUT2D eigenvalue weighted by Crippen LogP contribution is -2.06. The number of halogens is 1. The summed E-state index contributed by atoms with van der Waals surface area (Å²) in [5.41, 5.74) is 0. The average Bonchev–Trinajstić information content (AvgIpc) is 1.95. The molecule has 0 radical (unpaired) electrons. The fourth-order valence-corrected chi connectivity index (χ4v) is 2.60. The predicted molar refractivity (Wildman–Crippen MR) is 62.7 cm³/mol. The molecular weight excluding hydrogens is 220 g/mol. The van der Waals surface area contributed by atoms with Crippen molar-refractivity contribution in [3.05, 3.63) is 0 Å². The summed E-state index contributed by atoms with van der Waals surface area (Å²) in [7, 11) is -2.79. The van der Waals surface area contributed by atoms with Gasteiger partial charge in [-0.25, -0.2) is 8.42 Å². The van der Waals surface area contributed by atoms with E-state index in [4.69, 9.17) is 11.6 Å². The van der Waals surface area contributed by atoms with Crippen LogP contribution in [0.4, 0.5) is 0 Å². The number of hydrogen-bond acceptors (Lipinski definition) is 2. The van der Waals surface area contributed by atoms with E-state index in [1.54, 1.807) is 0 Å². The third-order valence-corrected chi connectivity index (χ3v) is 3.44. The molecule has 4 heteroatoms. The van der Waals surface area contributed by atoms with Crippen LogP contribution in [-0.2, 0) is 9.84 Å². The first-order valence-corrected chi connectivity index (χ1v) is 7.62. The van der Waals surface area contributed by atoms with Crippen molar-refractivity contribution in [1.29, 1.82) is 0 Å². The second-order valence-electron chi connectivity index (χ2n) is 4.35. The molecule has 0 aliphatic rings. The maximum Gasteiger partial charge on any atom is 0.147 e. The molecule has 0 rings (SSSR count). The van der Waals surface area contributed by atoms with Crippen molar-refractivity contribution in [1.82, 2.24) is 0 Å². The van der Waals surface area contributed by atoms with Crippen LogP contribution in [0, 0.1) is 5.92 Å². The Morgan fingerprint density at radius 1 is 1.21 bits per heavy atom. The maximum atomic E-state index is 10.8. The van der Waals surface area contributed by atoms with Crippen molar-refractivity contribution in [3.63, 3.8) is 0 Å². The standard InChI is InChI=1S/C10H21ClO2S/c1-9(2)8-10(11)6-4-5-7-14(3,12)13/h9-10H,4-8H2,1-3H3. The lowest BCUT2D eigenvalue weighted by atomic mass is 10.0. The minimum absolute atomic E-state index is 0.203. The van der Waals surface area contributed by atoms with Crippen LogP contribution < -0.4 is 0 Å². The summed E-state index contributed by atoms with van der Waals surface area (Å²) < 4.78 is 21.6. The molecule has 86 valence electrons. The van der Waals surface area contributed by atoms with E-state index in [1.165, 1.54) is 6.26 Å². The van der Waals surface area contributed by atoms with E-state index in [2.05, 4.69) is 13.8 Å². The highest BCUT2D eigenvalue weighted by molar-refractivity contribution is 7.90. The van der Waals surface area contributed by atoms with Gasteiger partial charge in [-0.2, -0.15) is 0 Å². The molecular formula is C10H21ClO2S. The zero-order valence-electron chi connectivity index (χ0n) is 9.29. The van der Waals surface area contributed by atoms with Crippen molar-refractivity contribution in [2.24, 2.45) is 5.92 Å².